The van der Waals surface area contributed by atoms with E-state index in [-0.39, 0.29) is 18.2 Å². The average Bonchev–Trinajstić information content (AvgIpc) is 2.38. The summed E-state index contributed by atoms with van der Waals surface area (Å²) in [6.07, 6.45) is 3.43. The van der Waals surface area contributed by atoms with Gasteiger partial charge in [-0.2, -0.15) is 0 Å². The largest absolute Gasteiger partial charge is 0.396 e. The first-order valence-corrected chi connectivity index (χ1v) is 6.57. The van der Waals surface area contributed by atoms with Gasteiger partial charge in [0, 0.05) is 36.4 Å². The van der Waals surface area contributed by atoms with Gasteiger partial charge in [0.2, 0.25) is 5.82 Å². The van der Waals surface area contributed by atoms with Gasteiger partial charge in [0.1, 0.15) is 0 Å². The molecule has 18 heavy (non-hydrogen) atoms. The molecule has 0 amide bonds. The SMILES string of the molecule is O=[N+]([O-])c1cc(Br)cnc1N1CCCC(CO)C1. The van der Waals surface area contributed by atoms with Crippen LogP contribution in [0.4, 0.5) is 11.5 Å². The molecule has 0 bridgehead atoms. The van der Waals surface area contributed by atoms with Crippen LogP contribution in [0.25, 0.3) is 0 Å². The molecule has 1 aliphatic rings. The first kappa shape index (κ1) is 13.2. The van der Waals surface area contributed by atoms with Crippen molar-refractivity contribution in [1.29, 1.82) is 0 Å². The number of nitro groups is 1. The summed E-state index contributed by atoms with van der Waals surface area (Å²) in [6, 6.07) is 1.46. The number of piperidine rings is 1. The van der Waals surface area contributed by atoms with Crippen LogP contribution in [-0.2, 0) is 0 Å². The van der Waals surface area contributed by atoms with Gasteiger partial charge in [-0.25, -0.2) is 4.98 Å². The van der Waals surface area contributed by atoms with Crippen molar-refractivity contribution in [2.75, 3.05) is 24.6 Å². The third-order valence-electron chi connectivity index (χ3n) is 3.09. The fourth-order valence-electron chi connectivity index (χ4n) is 2.21. The number of pyridine rings is 1. The molecule has 1 aliphatic heterocycles. The number of aromatic nitrogens is 1. The maximum Gasteiger partial charge on any atom is 0.312 e. The normalized spacial score (nSPS) is 19.9. The Morgan fingerprint density at radius 2 is 2.44 bits per heavy atom. The molecule has 1 aromatic rings. The van der Waals surface area contributed by atoms with Crippen LogP contribution in [0.15, 0.2) is 16.7 Å². The van der Waals surface area contributed by atoms with Crippen molar-refractivity contribution in [3.8, 4) is 0 Å². The number of nitrogens with zero attached hydrogens (tertiary/aromatic N) is 3. The van der Waals surface area contributed by atoms with Gasteiger partial charge in [0.05, 0.1) is 4.92 Å². The summed E-state index contributed by atoms with van der Waals surface area (Å²) in [5, 5.41) is 20.2. The van der Waals surface area contributed by atoms with Crippen LogP contribution in [0.3, 0.4) is 0 Å². The van der Waals surface area contributed by atoms with E-state index in [0.29, 0.717) is 16.8 Å². The minimum Gasteiger partial charge on any atom is -0.396 e. The van der Waals surface area contributed by atoms with Crippen molar-refractivity contribution in [3.05, 3.63) is 26.9 Å². The van der Waals surface area contributed by atoms with Gasteiger partial charge in [-0.05, 0) is 34.7 Å². The van der Waals surface area contributed by atoms with Crippen LogP contribution in [0.1, 0.15) is 12.8 Å². The van der Waals surface area contributed by atoms with E-state index in [9.17, 15) is 15.2 Å². The van der Waals surface area contributed by atoms with Gasteiger partial charge in [0.25, 0.3) is 0 Å². The van der Waals surface area contributed by atoms with Crippen molar-refractivity contribution in [2.45, 2.75) is 12.8 Å². The predicted molar refractivity (Wildman–Crippen MR) is 70.6 cm³/mol. The highest BCUT2D eigenvalue weighted by molar-refractivity contribution is 9.10. The molecule has 0 radical (unpaired) electrons. The number of aliphatic hydroxyl groups excluding tert-OH is 1. The third-order valence-corrected chi connectivity index (χ3v) is 3.52. The molecule has 1 aromatic heterocycles. The maximum absolute atomic E-state index is 11.0. The molecule has 0 aliphatic carbocycles. The Labute approximate surface area is 113 Å². The lowest BCUT2D eigenvalue weighted by Gasteiger charge is -2.32. The zero-order chi connectivity index (χ0) is 13.1. The van der Waals surface area contributed by atoms with Gasteiger partial charge in [0.15, 0.2) is 0 Å². The molecule has 0 saturated carbocycles. The molecule has 98 valence electrons. The smallest absolute Gasteiger partial charge is 0.312 e. The number of hydrogen-bond acceptors (Lipinski definition) is 5. The monoisotopic (exact) mass is 315 g/mol. The summed E-state index contributed by atoms with van der Waals surface area (Å²) >= 11 is 3.19. The fourth-order valence-corrected chi connectivity index (χ4v) is 2.53. The Bertz CT molecular complexity index is 455. The molecule has 2 rings (SSSR count). The number of halogens is 1. The molecule has 1 unspecified atom stereocenters. The number of rotatable bonds is 3. The van der Waals surface area contributed by atoms with Crippen LogP contribution in [-0.4, -0.2) is 34.7 Å². The van der Waals surface area contributed by atoms with E-state index in [1.807, 2.05) is 4.90 Å². The summed E-state index contributed by atoms with van der Waals surface area (Å²) in [5.74, 6) is 0.560. The average molecular weight is 316 g/mol. The summed E-state index contributed by atoms with van der Waals surface area (Å²) in [7, 11) is 0. The van der Waals surface area contributed by atoms with Gasteiger partial charge < -0.3 is 10.0 Å². The van der Waals surface area contributed by atoms with E-state index >= 15 is 0 Å². The lowest BCUT2D eigenvalue weighted by atomic mass is 9.99. The molecule has 1 fully saturated rings. The zero-order valence-corrected chi connectivity index (χ0v) is 11.3. The first-order valence-electron chi connectivity index (χ1n) is 5.77. The summed E-state index contributed by atoms with van der Waals surface area (Å²) in [6.45, 7) is 1.47. The topological polar surface area (TPSA) is 79.5 Å². The van der Waals surface area contributed by atoms with E-state index in [1.54, 1.807) is 6.20 Å². The lowest BCUT2D eigenvalue weighted by Crippen LogP contribution is -2.37. The predicted octanol–water partition coefficient (Wildman–Crippen LogP) is 1.96. The second kappa shape index (κ2) is 5.62. The van der Waals surface area contributed by atoms with Crippen molar-refractivity contribution in [1.82, 2.24) is 4.98 Å². The highest BCUT2D eigenvalue weighted by Crippen LogP contribution is 2.31. The Kier molecular flexibility index (Phi) is 4.13. The minimum absolute atomic E-state index is 0.00275. The van der Waals surface area contributed by atoms with E-state index in [4.69, 9.17) is 0 Å². The molecule has 1 atom stereocenters. The van der Waals surface area contributed by atoms with Gasteiger partial charge >= 0.3 is 5.69 Å². The second-order valence-electron chi connectivity index (χ2n) is 4.39. The highest BCUT2D eigenvalue weighted by atomic mass is 79.9. The molecule has 0 aromatic carbocycles. The Hall–Kier alpha value is -1.21. The van der Waals surface area contributed by atoms with Crippen LogP contribution in [0.5, 0.6) is 0 Å². The Morgan fingerprint density at radius 1 is 1.67 bits per heavy atom. The quantitative estimate of drug-likeness (QED) is 0.681. The standard InChI is InChI=1S/C11H14BrN3O3/c12-9-4-10(15(17)18)11(13-5-9)14-3-1-2-8(6-14)7-16/h4-5,8,16H,1-3,6-7H2. The van der Waals surface area contributed by atoms with Gasteiger partial charge in [-0.1, -0.05) is 0 Å². The molecule has 2 heterocycles. The van der Waals surface area contributed by atoms with Crippen molar-refractivity contribution in [2.24, 2.45) is 5.92 Å². The minimum atomic E-state index is -0.421. The summed E-state index contributed by atoms with van der Waals surface area (Å²) in [4.78, 5) is 16.6. The van der Waals surface area contributed by atoms with Crippen molar-refractivity contribution >= 4 is 27.4 Å². The Balaban J connectivity index is 2.29. The summed E-state index contributed by atoms with van der Waals surface area (Å²) in [5.41, 5.74) is 0.00275. The number of aliphatic hydroxyl groups is 1. The number of anilines is 1. The molecular formula is C11H14BrN3O3. The van der Waals surface area contributed by atoms with E-state index in [2.05, 4.69) is 20.9 Å². The van der Waals surface area contributed by atoms with E-state index < -0.39 is 4.92 Å². The van der Waals surface area contributed by atoms with Gasteiger partial charge in [-0.15, -0.1) is 0 Å². The molecule has 7 heteroatoms. The Morgan fingerprint density at radius 3 is 3.11 bits per heavy atom. The second-order valence-corrected chi connectivity index (χ2v) is 5.31. The maximum atomic E-state index is 11.0. The van der Waals surface area contributed by atoms with Crippen LogP contribution in [0.2, 0.25) is 0 Å². The lowest BCUT2D eigenvalue weighted by molar-refractivity contribution is -0.384. The van der Waals surface area contributed by atoms with Crippen LogP contribution in [0, 0.1) is 16.0 Å². The van der Waals surface area contributed by atoms with Crippen LogP contribution < -0.4 is 4.90 Å². The molecular weight excluding hydrogens is 302 g/mol. The van der Waals surface area contributed by atoms with E-state index in [1.165, 1.54) is 6.07 Å². The van der Waals surface area contributed by atoms with Gasteiger partial charge in [-0.3, -0.25) is 10.1 Å². The van der Waals surface area contributed by atoms with Crippen LogP contribution >= 0.6 is 15.9 Å². The summed E-state index contributed by atoms with van der Waals surface area (Å²) < 4.78 is 0.591. The molecule has 1 saturated heterocycles. The first-order chi connectivity index (χ1) is 8.61. The molecule has 1 N–H and O–H groups in total. The van der Waals surface area contributed by atoms with E-state index in [0.717, 1.165) is 19.4 Å². The third kappa shape index (κ3) is 2.78. The number of hydrogen-bond donors (Lipinski definition) is 1. The van der Waals surface area contributed by atoms with Crippen molar-refractivity contribution < 1.29 is 10.0 Å². The fraction of sp³-hybridized carbons (Fsp3) is 0.545. The highest BCUT2D eigenvalue weighted by Gasteiger charge is 2.26. The van der Waals surface area contributed by atoms with Crippen molar-refractivity contribution in [3.63, 3.8) is 0 Å². The molecule has 0 spiro atoms. The molecule has 6 nitrogen and oxygen atoms in total. The zero-order valence-electron chi connectivity index (χ0n) is 9.75.